The van der Waals surface area contributed by atoms with Gasteiger partial charge in [-0.15, -0.1) is 0 Å². The second-order valence-electron chi connectivity index (χ2n) is 6.43. The first kappa shape index (κ1) is 15.4. The average molecular weight is 434 g/mol. The van der Waals surface area contributed by atoms with E-state index in [-0.39, 0.29) is 0 Å². The summed E-state index contributed by atoms with van der Waals surface area (Å²) in [5.74, 6) is 0. The van der Waals surface area contributed by atoms with E-state index in [1.165, 1.54) is 0 Å². The second-order valence-corrected chi connectivity index (χ2v) is 26.0. The zero-order valence-electron chi connectivity index (χ0n) is 12.6. The molecule has 0 unspecified atom stereocenters. The molecule has 17 heavy (non-hydrogen) atoms. The molecule has 0 saturated carbocycles. The number of allylic oxidation sites excluding steroid dienone is 4. The van der Waals surface area contributed by atoms with Crippen LogP contribution in [-0.4, -0.2) is 8.07 Å². The van der Waals surface area contributed by atoms with Crippen LogP contribution < -0.4 is 0 Å². The van der Waals surface area contributed by atoms with Crippen molar-refractivity contribution in [2.75, 3.05) is 0 Å². The Morgan fingerprint density at radius 3 is 1.65 bits per heavy atom. The van der Waals surface area contributed by atoms with E-state index in [1.54, 1.807) is 4.43 Å². The zero-order chi connectivity index (χ0) is 13.3. The van der Waals surface area contributed by atoms with Crippen molar-refractivity contribution in [3.05, 3.63) is 24.3 Å². The molecule has 0 radical (unpaired) electrons. The third kappa shape index (κ3) is 3.44. The molecule has 2 heteroatoms. The maximum atomic E-state index is 2.55. The molecule has 0 bridgehead atoms. The summed E-state index contributed by atoms with van der Waals surface area (Å²) in [6, 6.07) is 0. The van der Waals surface area contributed by atoms with Gasteiger partial charge < -0.3 is 0 Å². The second kappa shape index (κ2) is 5.57. The van der Waals surface area contributed by atoms with E-state index in [0.717, 1.165) is 12.9 Å². The molecule has 1 rings (SSSR count). The molecule has 104 valence electrons. The van der Waals surface area contributed by atoms with Gasteiger partial charge in [-0.3, -0.25) is 0 Å². The summed E-state index contributed by atoms with van der Waals surface area (Å²) in [6.07, 6.45) is 9.55. The molecule has 0 N–H and O–H groups in total. The quantitative estimate of drug-likeness (QED) is 0.466. The molecular formula is C15H30PtSi. The van der Waals surface area contributed by atoms with Crippen LogP contribution in [0.2, 0.25) is 37.0 Å². The van der Waals surface area contributed by atoms with Crippen molar-refractivity contribution in [2.24, 2.45) is 0 Å². The Hall–Kier alpha value is 0.385. The van der Waals surface area contributed by atoms with Crippen LogP contribution in [0.15, 0.2) is 24.3 Å². The molecule has 1 aliphatic carbocycles. The number of hydrogen-bond acceptors (Lipinski definition) is 0. The maximum absolute atomic E-state index is 2.55. The van der Waals surface area contributed by atoms with Crippen LogP contribution in [0.25, 0.3) is 0 Å². The molecule has 0 fully saturated rings. The molecular weight excluding hydrogens is 403 g/mol. The fourth-order valence-corrected chi connectivity index (χ4v) is 32.6. The van der Waals surface area contributed by atoms with Crippen LogP contribution in [-0.2, 0) is 16.1 Å². The minimum atomic E-state index is -1.78. The molecule has 0 aromatic rings. The Labute approximate surface area is 113 Å². The van der Waals surface area contributed by atoms with Crippen LogP contribution in [0.4, 0.5) is 0 Å². The van der Waals surface area contributed by atoms with E-state index in [9.17, 15) is 0 Å². The molecule has 0 saturated heterocycles. The topological polar surface area (TPSA) is 0 Å². The summed E-state index contributed by atoms with van der Waals surface area (Å²) in [4.78, 5) is 0. The third-order valence-corrected chi connectivity index (χ3v) is 28.9. The molecule has 0 heterocycles. The van der Waals surface area contributed by atoms with E-state index in [4.69, 9.17) is 0 Å². The molecule has 1 aliphatic rings. The summed E-state index contributed by atoms with van der Waals surface area (Å²) in [6.45, 7) is 17.7. The van der Waals surface area contributed by atoms with Gasteiger partial charge in [-0.05, 0) is 0 Å². The van der Waals surface area contributed by atoms with E-state index in [1.807, 2.05) is 0 Å². The van der Waals surface area contributed by atoms with Crippen LogP contribution in [0, 0.1) is 0 Å². The van der Waals surface area contributed by atoms with Crippen LogP contribution >= 0.6 is 0 Å². The Morgan fingerprint density at radius 2 is 1.35 bits per heavy atom. The van der Waals surface area contributed by atoms with Crippen molar-refractivity contribution < 1.29 is 16.1 Å². The summed E-state index contributed by atoms with van der Waals surface area (Å²) in [5.41, 5.74) is 0. The van der Waals surface area contributed by atoms with Gasteiger partial charge in [-0.2, -0.15) is 0 Å². The Bertz CT molecular complexity index is 287. The van der Waals surface area contributed by atoms with Gasteiger partial charge >= 0.3 is 113 Å². The molecule has 0 nitrogen and oxygen atoms in total. The fraction of sp³-hybridized carbons (Fsp3) is 0.733. The summed E-state index contributed by atoms with van der Waals surface area (Å²) < 4.78 is 4.28. The molecule has 0 amide bonds. The minimum absolute atomic E-state index is 0.828. The fourth-order valence-electron chi connectivity index (χ4n) is 2.44. The average Bonchev–Trinajstić information content (AvgIpc) is 2.64. The van der Waals surface area contributed by atoms with Crippen molar-refractivity contribution in [1.82, 2.24) is 0 Å². The molecule has 0 atom stereocenters. The zero-order valence-corrected chi connectivity index (χ0v) is 15.8. The number of rotatable bonds is 5. The predicted octanol–water partition coefficient (Wildman–Crippen LogP) is 6.01. The monoisotopic (exact) mass is 433 g/mol. The summed E-state index contributed by atoms with van der Waals surface area (Å²) in [7, 11) is -0.973. The Kier molecular flexibility index (Phi) is 5.06. The normalized spacial score (nSPS) is 18.6. The van der Waals surface area contributed by atoms with E-state index >= 15 is 0 Å². The van der Waals surface area contributed by atoms with Gasteiger partial charge in [0.05, 0.1) is 0 Å². The van der Waals surface area contributed by atoms with E-state index in [2.05, 4.69) is 71.6 Å². The molecule has 0 aromatic heterocycles. The molecule has 0 spiro atoms. The standard InChI is InChI=1S/C5H5.C4H11Si.2C3H7.Pt/c1-2-4-5-3-1;1-5(2,3)4;2*1-3-2;/h1-5H;1H2,2-4H3;2*3H,1-2H3;. The van der Waals surface area contributed by atoms with Crippen LogP contribution in [0.5, 0.6) is 0 Å². The van der Waals surface area contributed by atoms with Crippen molar-refractivity contribution in [3.8, 4) is 0 Å². The van der Waals surface area contributed by atoms with Gasteiger partial charge in [0.25, 0.3) is 0 Å². The number of hydrogen-bond donors (Lipinski definition) is 0. The SMILES string of the molecule is C[CH](C)[Pt]([CH2][Si](C)(C)C)([CH](C)C)[CH]1C=CC=C1. The molecule has 0 aromatic carbocycles. The first-order valence-electron chi connectivity index (χ1n) is 6.60. The van der Waals surface area contributed by atoms with Gasteiger partial charge in [-0.1, -0.05) is 0 Å². The Morgan fingerprint density at radius 1 is 0.941 bits per heavy atom. The van der Waals surface area contributed by atoms with Gasteiger partial charge in [0.2, 0.25) is 0 Å². The third-order valence-electron chi connectivity index (χ3n) is 2.96. The van der Waals surface area contributed by atoms with Gasteiger partial charge in [0.15, 0.2) is 0 Å². The van der Waals surface area contributed by atoms with Gasteiger partial charge in [0, 0.05) is 0 Å². The predicted molar refractivity (Wildman–Crippen MR) is 80.4 cm³/mol. The first-order chi connectivity index (χ1) is 7.70. The van der Waals surface area contributed by atoms with Crippen molar-refractivity contribution in [2.45, 2.75) is 64.7 Å². The van der Waals surface area contributed by atoms with Crippen molar-refractivity contribution in [1.29, 1.82) is 0 Å². The van der Waals surface area contributed by atoms with E-state index in [0.29, 0.717) is 0 Å². The first-order valence-corrected chi connectivity index (χ1v) is 15.9. The van der Waals surface area contributed by atoms with E-state index < -0.39 is 24.1 Å². The van der Waals surface area contributed by atoms with Crippen molar-refractivity contribution in [3.63, 3.8) is 0 Å². The van der Waals surface area contributed by atoms with Gasteiger partial charge in [-0.25, -0.2) is 0 Å². The van der Waals surface area contributed by atoms with Crippen molar-refractivity contribution >= 4 is 8.07 Å². The molecule has 0 aliphatic heterocycles. The summed E-state index contributed by atoms with van der Waals surface area (Å²) >= 11 is -1.78. The van der Waals surface area contributed by atoms with Gasteiger partial charge in [0.1, 0.15) is 0 Å². The summed E-state index contributed by atoms with van der Waals surface area (Å²) in [5, 5.41) is 0. The Balaban J connectivity index is 3.13. The van der Waals surface area contributed by atoms with Crippen LogP contribution in [0.1, 0.15) is 27.7 Å². The van der Waals surface area contributed by atoms with Crippen LogP contribution in [0.3, 0.4) is 0 Å².